The molecule has 0 aromatic heterocycles. The minimum Gasteiger partial charge on any atom is -0.405 e. The molecule has 5 heteroatoms. The first-order valence-electron chi connectivity index (χ1n) is 4.95. The topological polar surface area (TPSA) is 21.3 Å². The zero-order valence-electron chi connectivity index (χ0n) is 9.21. The van der Waals surface area contributed by atoms with Gasteiger partial charge >= 0.3 is 6.36 Å². The summed E-state index contributed by atoms with van der Waals surface area (Å²) < 4.78 is 40.2. The van der Waals surface area contributed by atoms with Crippen molar-refractivity contribution in [3.63, 3.8) is 0 Å². The third-order valence-electron chi connectivity index (χ3n) is 2.05. The summed E-state index contributed by atoms with van der Waals surface area (Å²) in [4.78, 5) is 0. The molecule has 1 aromatic rings. The maximum Gasteiger partial charge on any atom is 0.573 e. The van der Waals surface area contributed by atoms with Crippen molar-refractivity contribution in [3.8, 4) is 18.1 Å². The molecule has 1 N–H and O–H groups in total. The highest BCUT2D eigenvalue weighted by atomic mass is 19.4. The molecular formula is C12H12F3NO. The number of rotatable bonds is 4. The Morgan fingerprint density at radius 1 is 1.41 bits per heavy atom. The fourth-order valence-corrected chi connectivity index (χ4v) is 1.20. The molecule has 1 aromatic carbocycles. The van der Waals surface area contributed by atoms with Gasteiger partial charge in [0.1, 0.15) is 5.75 Å². The van der Waals surface area contributed by atoms with Gasteiger partial charge in [0.15, 0.2) is 0 Å². The van der Waals surface area contributed by atoms with Gasteiger partial charge in [0, 0.05) is 12.1 Å². The Bertz CT molecular complexity index is 409. The molecule has 0 amide bonds. The predicted octanol–water partition coefficient (Wildman–Crippen LogP) is 2.70. The van der Waals surface area contributed by atoms with E-state index in [4.69, 9.17) is 6.42 Å². The number of alkyl halides is 3. The van der Waals surface area contributed by atoms with E-state index in [0.29, 0.717) is 5.56 Å². The summed E-state index contributed by atoms with van der Waals surface area (Å²) in [6, 6.07) is 5.73. The summed E-state index contributed by atoms with van der Waals surface area (Å²) in [5.41, 5.74) is 0.409. The van der Waals surface area contributed by atoms with E-state index in [0.717, 1.165) is 0 Å². The molecule has 0 saturated heterocycles. The lowest BCUT2D eigenvalue weighted by molar-refractivity contribution is -0.274. The van der Waals surface area contributed by atoms with E-state index >= 15 is 0 Å². The highest BCUT2D eigenvalue weighted by Crippen LogP contribution is 2.26. The lowest BCUT2D eigenvalue weighted by atomic mass is 10.2. The second-order valence-corrected chi connectivity index (χ2v) is 3.42. The molecule has 1 atom stereocenters. The maximum absolute atomic E-state index is 12.1. The van der Waals surface area contributed by atoms with Crippen molar-refractivity contribution >= 4 is 0 Å². The van der Waals surface area contributed by atoms with E-state index in [1.54, 1.807) is 19.1 Å². The number of ether oxygens (including phenoxy) is 1. The zero-order chi connectivity index (χ0) is 12.9. The van der Waals surface area contributed by atoms with Crippen LogP contribution in [0.1, 0.15) is 12.5 Å². The van der Waals surface area contributed by atoms with E-state index in [2.05, 4.69) is 16.0 Å². The van der Waals surface area contributed by atoms with Crippen molar-refractivity contribution in [2.75, 3.05) is 0 Å². The number of para-hydroxylation sites is 1. The lowest BCUT2D eigenvalue weighted by Crippen LogP contribution is -2.25. The molecule has 17 heavy (non-hydrogen) atoms. The standard InChI is InChI=1S/C12H12F3NO/c1-3-9(2)16-8-10-6-4-5-7-11(10)17-12(13,14)15/h1,4-7,9,16H,8H2,2H3. The fourth-order valence-electron chi connectivity index (χ4n) is 1.20. The first kappa shape index (κ1) is 13.4. The Hall–Kier alpha value is -1.67. The van der Waals surface area contributed by atoms with Crippen LogP contribution in [0.3, 0.4) is 0 Å². The summed E-state index contributed by atoms with van der Waals surface area (Å²) in [5, 5.41) is 2.89. The molecule has 0 radical (unpaired) electrons. The molecule has 0 spiro atoms. The molecular weight excluding hydrogens is 231 g/mol. The number of hydrogen-bond donors (Lipinski definition) is 1. The van der Waals surface area contributed by atoms with Gasteiger partial charge in [-0.2, -0.15) is 0 Å². The van der Waals surface area contributed by atoms with Gasteiger partial charge in [-0.15, -0.1) is 19.6 Å². The van der Waals surface area contributed by atoms with Crippen LogP contribution in [0, 0.1) is 12.3 Å². The van der Waals surface area contributed by atoms with Gasteiger partial charge in [-0.3, -0.25) is 5.32 Å². The summed E-state index contributed by atoms with van der Waals surface area (Å²) in [6.07, 6.45) is 0.466. The largest absolute Gasteiger partial charge is 0.573 e. The monoisotopic (exact) mass is 243 g/mol. The Labute approximate surface area is 97.8 Å². The van der Waals surface area contributed by atoms with Gasteiger partial charge in [0.2, 0.25) is 0 Å². The number of hydrogen-bond acceptors (Lipinski definition) is 2. The van der Waals surface area contributed by atoms with Crippen LogP contribution in [-0.2, 0) is 6.54 Å². The van der Waals surface area contributed by atoms with E-state index in [1.807, 2.05) is 0 Å². The number of halogens is 3. The summed E-state index contributed by atoms with van der Waals surface area (Å²) in [7, 11) is 0. The van der Waals surface area contributed by atoms with E-state index in [1.165, 1.54) is 12.1 Å². The zero-order valence-corrected chi connectivity index (χ0v) is 9.21. The van der Waals surface area contributed by atoms with E-state index in [-0.39, 0.29) is 18.3 Å². The van der Waals surface area contributed by atoms with Gasteiger partial charge in [0.25, 0.3) is 0 Å². The SMILES string of the molecule is C#CC(C)NCc1ccccc1OC(F)(F)F. The number of nitrogens with one attached hydrogen (secondary N) is 1. The minimum absolute atomic E-state index is 0.211. The van der Waals surface area contributed by atoms with Crippen LogP contribution in [0.15, 0.2) is 24.3 Å². The summed E-state index contributed by atoms with van der Waals surface area (Å²) in [5.74, 6) is 2.22. The normalized spacial score (nSPS) is 12.9. The van der Waals surface area contributed by atoms with Crippen molar-refractivity contribution < 1.29 is 17.9 Å². The van der Waals surface area contributed by atoms with Crippen LogP contribution >= 0.6 is 0 Å². The Morgan fingerprint density at radius 3 is 2.65 bits per heavy atom. The number of benzene rings is 1. The van der Waals surface area contributed by atoms with E-state index < -0.39 is 6.36 Å². The Balaban J connectivity index is 2.75. The summed E-state index contributed by atoms with van der Waals surface area (Å²) >= 11 is 0. The van der Waals surface area contributed by atoms with Crippen LogP contribution in [0.5, 0.6) is 5.75 Å². The Morgan fingerprint density at radius 2 is 2.06 bits per heavy atom. The van der Waals surface area contributed by atoms with Crippen molar-refractivity contribution in [2.24, 2.45) is 0 Å². The fraction of sp³-hybridized carbons (Fsp3) is 0.333. The second-order valence-electron chi connectivity index (χ2n) is 3.42. The van der Waals surface area contributed by atoms with Crippen LogP contribution < -0.4 is 10.1 Å². The lowest BCUT2D eigenvalue weighted by Gasteiger charge is -2.14. The average molecular weight is 243 g/mol. The minimum atomic E-state index is -4.69. The number of terminal acetylenes is 1. The van der Waals surface area contributed by atoms with Crippen LogP contribution in [-0.4, -0.2) is 12.4 Å². The maximum atomic E-state index is 12.1. The molecule has 0 aliphatic rings. The van der Waals surface area contributed by atoms with Crippen LogP contribution in [0.2, 0.25) is 0 Å². The molecule has 0 aliphatic heterocycles. The predicted molar refractivity (Wildman–Crippen MR) is 58.3 cm³/mol. The molecule has 0 saturated carbocycles. The molecule has 92 valence electrons. The van der Waals surface area contributed by atoms with E-state index in [9.17, 15) is 13.2 Å². The third-order valence-corrected chi connectivity index (χ3v) is 2.05. The highest BCUT2D eigenvalue weighted by molar-refractivity contribution is 5.33. The van der Waals surface area contributed by atoms with Gasteiger partial charge in [0.05, 0.1) is 6.04 Å². The molecule has 0 aliphatic carbocycles. The second kappa shape index (κ2) is 5.60. The molecule has 0 fully saturated rings. The van der Waals surface area contributed by atoms with Crippen LogP contribution in [0.4, 0.5) is 13.2 Å². The van der Waals surface area contributed by atoms with Crippen molar-refractivity contribution in [2.45, 2.75) is 25.9 Å². The van der Waals surface area contributed by atoms with Crippen LogP contribution in [0.25, 0.3) is 0 Å². The average Bonchev–Trinajstić information content (AvgIpc) is 2.25. The first-order valence-corrected chi connectivity index (χ1v) is 4.95. The highest BCUT2D eigenvalue weighted by Gasteiger charge is 2.31. The molecule has 2 nitrogen and oxygen atoms in total. The van der Waals surface area contributed by atoms with Gasteiger partial charge in [-0.25, -0.2) is 0 Å². The molecule has 1 unspecified atom stereocenters. The van der Waals surface area contributed by atoms with Crippen molar-refractivity contribution in [1.82, 2.24) is 5.32 Å². The van der Waals surface area contributed by atoms with Crippen molar-refractivity contribution in [3.05, 3.63) is 29.8 Å². The quantitative estimate of drug-likeness (QED) is 0.821. The Kier molecular flexibility index (Phi) is 4.41. The molecule has 1 rings (SSSR count). The van der Waals surface area contributed by atoms with Gasteiger partial charge < -0.3 is 4.74 Å². The third kappa shape index (κ3) is 4.79. The van der Waals surface area contributed by atoms with Gasteiger partial charge in [-0.1, -0.05) is 24.1 Å². The smallest absolute Gasteiger partial charge is 0.405 e. The summed E-state index contributed by atoms with van der Waals surface area (Å²) in [6.45, 7) is 1.96. The molecule has 0 heterocycles. The first-order chi connectivity index (χ1) is 7.92. The van der Waals surface area contributed by atoms with Gasteiger partial charge in [-0.05, 0) is 13.0 Å². The molecule has 0 bridgehead atoms. The van der Waals surface area contributed by atoms with Crippen molar-refractivity contribution in [1.29, 1.82) is 0 Å².